The molecule has 8 nitrogen and oxygen atoms in total. The van der Waals surface area contributed by atoms with E-state index in [1.54, 1.807) is 4.90 Å². The molecule has 1 aromatic rings. The van der Waals surface area contributed by atoms with E-state index in [-0.39, 0.29) is 6.09 Å². The lowest BCUT2D eigenvalue weighted by Gasteiger charge is -2.26. The van der Waals surface area contributed by atoms with Crippen LogP contribution >= 0.6 is 0 Å². The fraction of sp³-hybridized carbons (Fsp3) is 0.692. The van der Waals surface area contributed by atoms with Crippen molar-refractivity contribution in [1.29, 1.82) is 0 Å². The zero-order valence-corrected chi connectivity index (χ0v) is 14.0. The molecule has 0 radical (unpaired) electrons. The van der Waals surface area contributed by atoms with E-state index in [2.05, 4.69) is 5.10 Å². The highest BCUT2D eigenvalue weighted by Crippen LogP contribution is 2.17. The average Bonchev–Trinajstić information content (AvgIpc) is 2.55. The van der Waals surface area contributed by atoms with Crippen LogP contribution in [0.5, 0.6) is 0 Å². The molecule has 1 amide bonds. The van der Waals surface area contributed by atoms with E-state index in [9.17, 15) is 13.2 Å². The largest absolute Gasteiger partial charge is 0.444 e. The van der Waals surface area contributed by atoms with E-state index in [1.165, 1.54) is 6.20 Å². The molecule has 0 fully saturated rings. The highest BCUT2D eigenvalue weighted by Gasteiger charge is 2.25. The molecule has 0 aliphatic carbocycles. The Morgan fingerprint density at radius 3 is 2.50 bits per heavy atom. The Morgan fingerprint density at radius 2 is 1.91 bits per heavy atom. The maximum Gasteiger partial charge on any atom is 0.410 e. The van der Waals surface area contributed by atoms with E-state index >= 15 is 0 Å². The summed E-state index contributed by atoms with van der Waals surface area (Å²) < 4.78 is 32.3. The molecule has 1 aromatic heterocycles. The molecule has 0 spiro atoms. The molecule has 0 saturated carbocycles. The predicted octanol–water partition coefficient (Wildman–Crippen LogP) is 0.607. The standard InChI is InChI=1S/C13H21N3O5S/c1-13(2,3)20-12(17)15-7-5-10-9-16(21-22(4,18)19)14-11(10)6-8-15/h9H,5-8H2,1-4H3. The van der Waals surface area contributed by atoms with Crippen LogP contribution in [0.25, 0.3) is 0 Å². The summed E-state index contributed by atoms with van der Waals surface area (Å²) in [5.41, 5.74) is 1.07. The number of aromatic nitrogens is 2. The van der Waals surface area contributed by atoms with Gasteiger partial charge in [-0.15, -0.1) is 5.10 Å². The van der Waals surface area contributed by atoms with Crippen LogP contribution < -0.4 is 4.28 Å². The Kier molecular flexibility index (Phi) is 4.37. The summed E-state index contributed by atoms with van der Waals surface area (Å²) in [6.07, 6.45) is 3.24. The fourth-order valence-corrected chi connectivity index (χ4v) is 2.49. The van der Waals surface area contributed by atoms with Crippen molar-refractivity contribution in [2.45, 2.75) is 39.2 Å². The van der Waals surface area contributed by atoms with Crippen molar-refractivity contribution in [1.82, 2.24) is 14.8 Å². The third kappa shape index (κ3) is 4.62. The molecular weight excluding hydrogens is 310 g/mol. The number of rotatable bonds is 2. The average molecular weight is 331 g/mol. The summed E-state index contributed by atoms with van der Waals surface area (Å²) in [5, 5.41) is 4.10. The number of ether oxygens (including phenoxy) is 1. The van der Waals surface area contributed by atoms with Crippen LogP contribution in [0.2, 0.25) is 0 Å². The van der Waals surface area contributed by atoms with Crippen LogP contribution in [0, 0.1) is 0 Å². The van der Waals surface area contributed by atoms with Crippen LogP contribution in [0.3, 0.4) is 0 Å². The third-order valence-electron chi connectivity index (χ3n) is 2.99. The van der Waals surface area contributed by atoms with Crippen LogP contribution in [0.1, 0.15) is 32.0 Å². The summed E-state index contributed by atoms with van der Waals surface area (Å²) >= 11 is 0. The quantitative estimate of drug-likeness (QED) is 0.788. The third-order valence-corrected chi connectivity index (χ3v) is 3.41. The van der Waals surface area contributed by atoms with Gasteiger partial charge in [-0.1, -0.05) is 4.85 Å². The van der Waals surface area contributed by atoms with Crippen molar-refractivity contribution < 1.29 is 22.2 Å². The molecule has 0 N–H and O–H groups in total. The van der Waals surface area contributed by atoms with Gasteiger partial charge in [-0.05, 0) is 32.8 Å². The summed E-state index contributed by atoms with van der Waals surface area (Å²) in [7, 11) is -3.61. The van der Waals surface area contributed by atoms with Crippen molar-refractivity contribution >= 4 is 16.2 Å². The molecule has 22 heavy (non-hydrogen) atoms. The molecule has 2 heterocycles. The first-order chi connectivity index (χ1) is 10.0. The maximum absolute atomic E-state index is 12.1. The van der Waals surface area contributed by atoms with Crippen molar-refractivity contribution in [2.75, 3.05) is 19.3 Å². The van der Waals surface area contributed by atoms with Crippen LogP contribution in [0.4, 0.5) is 4.79 Å². The minimum absolute atomic E-state index is 0.349. The second kappa shape index (κ2) is 5.79. The van der Waals surface area contributed by atoms with E-state index in [0.717, 1.165) is 22.4 Å². The number of hydrogen-bond donors (Lipinski definition) is 0. The van der Waals surface area contributed by atoms with Gasteiger partial charge in [-0.25, -0.2) is 4.79 Å². The SMILES string of the molecule is CC(C)(C)OC(=O)N1CCc2cn(OS(C)(=O)=O)nc2CC1. The molecule has 1 aliphatic heterocycles. The van der Waals surface area contributed by atoms with Crippen LogP contribution in [-0.4, -0.2) is 54.3 Å². The van der Waals surface area contributed by atoms with Gasteiger partial charge >= 0.3 is 16.2 Å². The van der Waals surface area contributed by atoms with Gasteiger partial charge in [0.2, 0.25) is 0 Å². The number of carbonyl (C=O) groups excluding carboxylic acids is 1. The van der Waals surface area contributed by atoms with Gasteiger partial charge in [0.25, 0.3) is 0 Å². The number of hydrogen-bond acceptors (Lipinski definition) is 6. The van der Waals surface area contributed by atoms with Gasteiger partial charge in [0.1, 0.15) is 5.60 Å². The van der Waals surface area contributed by atoms with E-state index in [4.69, 9.17) is 9.02 Å². The Hall–Kier alpha value is -1.77. The number of amides is 1. The Bertz CT molecular complexity index is 634. The Morgan fingerprint density at radius 1 is 1.27 bits per heavy atom. The molecular formula is C13H21N3O5S. The van der Waals surface area contributed by atoms with Gasteiger partial charge in [-0.2, -0.15) is 8.42 Å². The highest BCUT2D eigenvalue weighted by atomic mass is 32.2. The highest BCUT2D eigenvalue weighted by molar-refractivity contribution is 7.86. The zero-order valence-electron chi connectivity index (χ0n) is 13.2. The molecule has 0 bridgehead atoms. The fourth-order valence-electron chi connectivity index (χ4n) is 2.13. The Labute approximate surface area is 130 Å². The van der Waals surface area contributed by atoms with Gasteiger partial charge in [-0.3, -0.25) is 4.28 Å². The smallest absolute Gasteiger partial charge is 0.410 e. The van der Waals surface area contributed by atoms with E-state index in [1.807, 2.05) is 20.8 Å². The normalized spacial score (nSPS) is 15.9. The van der Waals surface area contributed by atoms with E-state index in [0.29, 0.717) is 25.9 Å². The number of carbonyl (C=O) groups is 1. The lowest BCUT2D eigenvalue weighted by atomic mass is 10.2. The minimum atomic E-state index is -3.61. The van der Waals surface area contributed by atoms with Gasteiger partial charge < -0.3 is 9.64 Å². The summed E-state index contributed by atoms with van der Waals surface area (Å²) in [5.74, 6) is 0. The summed E-state index contributed by atoms with van der Waals surface area (Å²) in [4.78, 5) is 14.7. The van der Waals surface area contributed by atoms with Gasteiger partial charge in [0.05, 0.1) is 18.1 Å². The molecule has 9 heteroatoms. The summed E-state index contributed by atoms with van der Waals surface area (Å²) in [6, 6.07) is 0. The molecule has 0 unspecified atom stereocenters. The number of fused-ring (bicyclic) bond motifs is 1. The first kappa shape index (κ1) is 16.6. The monoisotopic (exact) mass is 331 g/mol. The van der Waals surface area contributed by atoms with Crippen molar-refractivity contribution in [3.05, 3.63) is 17.5 Å². The second-order valence-electron chi connectivity index (χ2n) is 6.25. The second-order valence-corrected chi connectivity index (χ2v) is 7.81. The number of nitrogens with zero attached hydrogens (tertiary/aromatic N) is 3. The minimum Gasteiger partial charge on any atom is -0.444 e. The van der Waals surface area contributed by atoms with Crippen LogP contribution in [-0.2, 0) is 27.7 Å². The van der Waals surface area contributed by atoms with Crippen molar-refractivity contribution in [3.63, 3.8) is 0 Å². The lowest BCUT2D eigenvalue weighted by Crippen LogP contribution is -2.38. The predicted molar refractivity (Wildman–Crippen MR) is 78.9 cm³/mol. The van der Waals surface area contributed by atoms with Crippen molar-refractivity contribution in [3.8, 4) is 0 Å². The van der Waals surface area contributed by atoms with Gasteiger partial charge in [0, 0.05) is 19.5 Å². The molecule has 0 aromatic carbocycles. The molecule has 2 rings (SSSR count). The topological polar surface area (TPSA) is 90.7 Å². The molecule has 0 saturated heterocycles. The van der Waals surface area contributed by atoms with E-state index < -0.39 is 15.7 Å². The zero-order chi connectivity index (χ0) is 16.5. The Balaban J connectivity index is 2.03. The summed E-state index contributed by atoms with van der Waals surface area (Å²) in [6.45, 7) is 6.43. The first-order valence-electron chi connectivity index (χ1n) is 6.99. The van der Waals surface area contributed by atoms with Crippen LogP contribution in [0.15, 0.2) is 6.20 Å². The molecule has 1 aliphatic rings. The first-order valence-corrected chi connectivity index (χ1v) is 8.80. The molecule has 124 valence electrons. The lowest BCUT2D eigenvalue weighted by molar-refractivity contribution is 0.0258. The molecule has 0 atom stereocenters. The van der Waals surface area contributed by atoms with Gasteiger partial charge in [0.15, 0.2) is 0 Å². The maximum atomic E-state index is 12.1. The van der Waals surface area contributed by atoms with Crippen molar-refractivity contribution in [2.24, 2.45) is 0 Å².